The number of aromatic nitrogens is 3. The summed E-state index contributed by atoms with van der Waals surface area (Å²) in [5.41, 5.74) is 6.83. The summed E-state index contributed by atoms with van der Waals surface area (Å²) in [6, 6.07) is 0.447. The third-order valence-electron chi connectivity index (χ3n) is 4.64. The number of halogens is 2. The molecular weight excluding hydrogens is 365 g/mol. The van der Waals surface area contributed by atoms with Crippen LogP contribution in [-0.2, 0) is 20.1 Å². The van der Waals surface area contributed by atoms with E-state index in [1.807, 2.05) is 0 Å². The van der Waals surface area contributed by atoms with Gasteiger partial charge in [-0.2, -0.15) is 0 Å². The maximum Gasteiger partial charge on any atom is 0.407 e. The number of nitrogens with zero attached hydrogens (tertiary/aromatic N) is 4. The zero-order valence-corrected chi connectivity index (χ0v) is 15.1. The molecule has 0 fully saturated rings. The molecule has 1 aliphatic rings. The Bertz CT molecular complexity index is 857. The molecule has 0 spiro atoms. The van der Waals surface area contributed by atoms with Crippen LogP contribution in [-0.4, -0.2) is 44.0 Å². The fourth-order valence-corrected chi connectivity index (χ4v) is 3.43. The summed E-state index contributed by atoms with van der Waals surface area (Å²) < 4.78 is 22.1. The van der Waals surface area contributed by atoms with Crippen molar-refractivity contribution >= 4 is 17.7 Å². The van der Waals surface area contributed by atoms with Gasteiger partial charge in [0.2, 0.25) is 0 Å². The van der Waals surface area contributed by atoms with Gasteiger partial charge in [0, 0.05) is 30.7 Å². The predicted molar refractivity (Wildman–Crippen MR) is 91.7 cm³/mol. The predicted octanol–water partition coefficient (Wildman–Crippen LogP) is 2.03. The molecule has 0 unspecified atom stereocenters. The number of fused-ring (bicyclic) bond motifs is 1. The van der Waals surface area contributed by atoms with Gasteiger partial charge in [0.15, 0.2) is 17.4 Å². The summed E-state index contributed by atoms with van der Waals surface area (Å²) >= 11 is 6.19. The summed E-state index contributed by atoms with van der Waals surface area (Å²) in [5, 5.41) is 17.6. The van der Waals surface area contributed by atoms with Crippen molar-refractivity contribution in [2.45, 2.75) is 26.0 Å². The third kappa shape index (κ3) is 3.08. The van der Waals surface area contributed by atoms with Crippen LogP contribution in [0.5, 0.6) is 5.75 Å². The van der Waals surface area contributed by atoms with E-state index in [0.717, 1.165) is 0 Å². The number of rotatable bonds is 4. The van der Waals surface area contributed by atoms with E-state index in [1.165, 1.54) is 11.0 Å². The van der Waals surface area contributed by atoms with Crippen molar-refractivity contribution in [3.63, 3.8) is 0 Å². The summed E-state index contributed by atoms with van der Waals surface area (Å²) in [7, 11) is 1.77. The third-order valence-corrected chi connectivity index (χ3v) is 4.98. The number of aryl methyl sites for hydroxylation is 1. The van der Waals surface area contributed by atoms with Crippen LogP contribution in [0.3, 0.4) is 0 Å². The Kier molecular flexibility index (Phi) is 5.01. The molecule has 10 heteroatoms. The number of hydrogen-bond donors (Lipinski definition) is 2. The zero-order valence-electron chi connectivity index (χ0n) is 14.4. The van der Waals surface area contributed by atoms with Crippen LogP contribution in [0.1, 0.15) is 28.8 Å². The molecule has 0 saturated carbocycles. The van der Waals surface area contributed by atoms with Gasteiger partial charge in [-0.3, -0.25) is 4.90 Å². The lowest BCUT2D eigenvalue weighted by atomic mass is 9.91. The van der Waals surface area contributed by atoms with Gasteiger partial charge in [0.1, 0.15) is 12.4 Å². The van der Waals surface area contributed by atoms with Crippen molar-refractivity contribution in [1.82, 2.24) is 19.7 Å². The first-order valence-electron chi connectivity index (χ1n) is 8.03. The van der Waals surface area contributed by atoms with E-state index in [4.69, 9.17) is 22.1 Å². The van der Waals surface area contributed by atoms with Crippen molar-refractivity contribution in [3.8, 4) is 5.75 Å². The number of hydrogen-bond acceptors (Lipinski definition) is 5. The second-order valence-electron chi connectivity index (χ2n) is 6.05. The van der Waals surface area contributed by atoms with Gasteiger partial charge in [-0.25, -0.2) is 9.18 Å². The smallest absolute Gasteiger partial charge is 0.407 e. The number of nitrogens with two attached hydrogens (primary N) is 1. The largest absolute Gasteiger partial charge is 0.482 e. The highest BCUT2D eigenvalue weighted by atomic mass is 35.5. The summed E-state index contributed by atoms with van der Waals surface area (Å²) in [6.07, 6.45) is -0.766. The highest BCUT2D eigenvalue weighted by Gasteiger charge is 2.35. The maximum atomic E-state index is 14.6. The average Bonchev–Trinajstić information content (AvgIpc) is 2.92. The van der Waals surface area contributed by atoms with E-state index in [0.29, 0.717) is 29.2 Å². The highest BCUT2D eigenvalue weighted by molar-refractivity contribution is 6.31. The molecule has 0 radical (unpaired) electrons. The van der Waals surface area contributed by atoms with Gasteiger partial charge in [0.25, 0.3) is 0 Å². The molecule has 1 aliphatic heterocycles. The minimum Gasteiger partial charge on any atom is -0.482 e. The number of carboxylic acid groups (broad SMARTS) is 1. The van der Waals surface area contributed by atoms with E-state index in [9.17, 15) is 14.3 Å². The molecule has 1 atom stereocenters. The molecule has 1 amide bonds. The first-order valence-corrected chi connectivity index (χ1v) is 8.41. The second kappa shape index (κ2) is 7.08. The molecule has 0 bridgehead atoms. The van der Waals surface area contributed by atoms with Gasteiger partial charge in [-0.15, -0.1) is 10.2 Å². The lowest BCUT2D eigenvalue weighted by Gasteiger charge is -2.36. The Labute approximate surface area is 154 Å². The molecule has 8 nitrogen and oxygen atoms in total. The summed E-state index contributed by atoms with van der Waals surface area (Å²) in [5.74, 6) is 0.490. The maximum absolute atomic E-state index is 14.6. The molecule has 0 saturated heterocycles. The quantitative estimate of drug-likeness (QED) is 0.836. The minimum atomic E-state index is -1.12. The average molecular weight is 384 g/mol. The Hall–Kier alpha value is -2.39. The molecule has 2 heterocycles. The summed E-state index contributed by atoms with van der Waals surface area (Å²) in [6.45, 7) is 1.99. The SMILES string of the molecule is Cc1nnc(COc2c(F)cc(Cl)c3c2[C@@H](CN)N(C(=O)O)CC3)n1C. The van der Waals surface area contributed by atoms with Crippen LogP contribution in [0.15, 0.2) is 6.07 Å². The molecule has 1 aromatic heterocycles. The van der Waals surface area contributed by atoms with Crippen molar-refractivity contribution < 1.29 is 19.0 Å². The van der Waals surface area contributed by atoms with E-state index in [1.54, 1.807) is 18.5 Å². The van der Waals surface area contributed by atoms with Crippen molar-refractivity contribution in [1.29, 1.82) is 0 Å². The van der Waals surface area contributed by atoms with Crippen molar-refractivity contribution in [2.75, 3.05) is 13.1 Å². The van der Waals surface area contributed by atoms with Crippen molar-refractivity contribution in [3.05, 3.63) is 39.7 Å². The zero-order chi connectivity index (χ0) is 19.0. The number of amides is 1. The molecule has 3 rings (SSSR count). The molecule has 3 N–H and O–H groups in total. The van der Waals surface area contributed by atoms with Crippen LogP contribution >= 0.6 is 11.6 Å². The van der Waals surface area contributed by atoms with Crippen LogP contribution < -0.4 is 10.5 Å². The first kappa shape index (κ1) is 18.4. The summed E-state index contributed by atoms with van der Waals surface area (Å²) in [4.78, 5) is 12.7. The van der Waals surface area contributed by atoms with Crippen LogP contribution in [0, 0.1) is 12.7 Å². The van der Waals surface area contributed by atoms with E-state index < -0.39 is 18.0 Å². The standard InChI is InChI=1S/C16H19ClFN5O3/c1-8-20-21-13(22(8)2)7-26-15-11(18)5-10(17)9-3-4-23(16(24)25)12(6-19)14(9)15/h5,12H,3-4,6-7,19H2,1-2H3,(H,24,25)/t12-/m1/s1. The molecule has 26 heavy (non-hydrogen) atoms. The van der Waals surface area contributed by atoms with Crippen LogP contribution in [0.25, 0.3) is 0 Å². The number of ether oxygens (including phenoxy) is 1. The number of benzene rings is 1. The van der Waals surface area contributed by atoms with Crippen molar-refractivity contribution in [2.24, 2.45) is 12.8 Å². The molecule has 1 aromatic carbocycles. The van der Waals surface area contributed by atoms with Gasteiger partial charge < -0.3 is 20.1 Å². The van der Waals surface area contributed by atoms with E-state index >= 15 is 0 Å². The number of carbonyl (C=O) groups is 1. The van der Waals surface area contributed by atoms with Gasteiger partial charge in [-0.05, 0) is 25.0 Å². The fraction of sp³-hybridized carbons (Fsp3) is 0.438. The fourth-order valence-electron chi connectivity index (χ4n) is 3.14. The second-order valence-corrected chi connectivity index (χ2v) is 6.46. The Morgan fingerprint density at radius 1 is 1.54 bits per heavy atom. The molecular formula is C16H19ClFN5O3. The Morgan fingerprint density at radius 2 is 2.27 bits per heavy atom. The topological polar surface area (TPSA) is 106 Å². The minimum absolute atomic E-state index is 0.0154. The van der Waals surface area contributed by atoms with Crippen LogP contribution in [0.4, 0.5) is 9.18 Å². The highest BCUT2D eigenvalue weighted by Crippen LogP contribution is 2.41. The van der Waals surface area contributed by atoms with E-state index in [-0.39, 0.29) is 30.5 Å². The van der Waals surface area contributed by atoms with Gasteiger partial charge in [-0.1, -0.05) is 11.6 Å². The molecule has 140 valence electrons. The monoisotopic (exact) mass is 383 g/mol. The van der Waals surface area contributed by atoms with Gasteiger partial charge in [0.05, 0.1) is 6.04 Å². The van der Waals surface area contributed by atoms with Gasteiger partial charge >= 0.3 is 6.09 Å². The molecule has 2 aromatic rings. The van der Waals surface area contributed by atoms with E-state index in [2.05, 4.69) is 10.2 Å². The lowest BCUT2D eigenvalue weighted by molar-refractivity contribution is 0.119. The normalized spacial score (nSPS) is 16.5. The Balaban J connectivity index is 2.03. The lowest BCUT2D eigenvalue weighted by Crippen LogP contribution is -2.42. The van der Waals surface area contributed by atoms with Crippen LogP contribution in [0.2, 0.25) is 5.02 Å². The molecule has 0 aliphatic carbocycles. The first-order chi connectivity index (χ1) is 12.3. The Morgan fingerprint density at radius 3 is 2.85 bits per heavy atom.